The Morgan fingerprint density at radius 2 is 2.07 bits per heavy atom. The Labute approximate surface area is 163 Å². The van der Waals surface area contributed by atoms with Crippen molar-refractivity contribution >= 4 is 34.4 Å². The number of fused-ring (bicyclic) bond motifs is 1. The van der Waals surface area contributed by atoms with Gasteiger partial charge in [-0.2, -0.15) is 0 Å². The van der Waals surface area contributed by atoms with Crippen LogP contribution in [-0.4, -0.2) is 28.2 Å². The molecule has 0 aliphatic carbocycles. The van der Waals surface area contributed by atoms with Gasteiger partial charge in [-0.3, -0.25) is 4.79 Å². The van der Waals surface area contributed by atoms with Gasteiger partial charge in [-0.05, 0) is 43.0 Å². The first-order chi connectivity index (χ1) is 13.1. The van der Waals surface area contributed by atoms with Gasteiger partial charge in [0.05, 0.1) is 23.4 Å². The van der Waals surface area contributed by atoms with Crippen LogP contribution in [0.2, 0.25) is 0 Å². The number of imidazole rings is 1. The van der Waals surface area contributed by atoms with Gasteiger partial charge >= 0.3 is 0 Å². The Balaban J connectivity index is 1.63. The zero-order valence-electron chi connectivity index (χ0n) is 15.9. The van der Waals surface area contributed by atoms with Crippen molar-refractivity contribution in [2.45, 2.75) is 38.3 Å². The van der Waals surface area contributed by atoms with E-state index >= 15 is 0 Å². The summed E-state index contributed by atoms with van der Waals surface area (Å²) < 4.78 is 5.51. The predicted molar refractivity (Wildman–Crippen MR) is 112 cm³/mol. The topological polar surface area (TPSA) is 67.0 Å². The Hall–Kier alpha value is -2.47. The molecular weight excluding hydrogens is 358 g/mol. The SMILES string of the molecule is CCOc1ccc2nc(SCC(=O)Nc3ccccc3C(C)CC)[nH]c2c1. The van der Waals surface area contributed by atoms with Gasteiger partial charge in [0.15, 0.2) is 5.16 Å². The lowest BCUT2D eigenvalue weighted by atomic mass is 9.97. The van der Waals surface area contributed by atoms with Crippen LogP contribution < -0.4 is 10.1 Å². The van der Waals surface area contributed by atoms with E-state index < -0.39 is 0 Å². The normalized spacial score (nSPS) is 12.1. The third-order valence-corrected chi connectivity index (χ3v) is 5.33. The maximum atomic E-state index is 12.4. The van der Waals surface area contributed by atoms with Crippen LogP contribution in [-0.2, 0) is 4.79 Å². The zero-order chi connectivity index (χ0) is 19.2. The molecule has 0 spiro atoms. The molecule has 2 aromatic carbocycles. The van der Waals surface area contributed by atoms with Crippen molar-refractivity contribution in [3.63, 3.8) is 0 Å². The molecule has 0 saturated heterocycles. The molecule has 0 radical (unpaired) electrons. The first-order valence-corrected chi connectivity index (χ1v) is 10.2. The van der Waals surface area contributed by atoms with Crippen LogP contribution in [0, 0.1) is 0 Å². The fraction of sp³-hybridized carbons (Fsp3) is 0.333. The largest absolute Gasteiger partial charge is 0.494 e. The second-order valence-corrected chi connectivity index (χ2v) is 7.35. The Morgan fingerprint density at radius 3 is 2.85 bits per heavy atom. The van der Waals surface area contributed by atoms with Crippen LogP contribution in [0.25, 0.3) is 11.0 Å². The lowest BCUT2D eigenvalue weighted by Crippen LogP contribution is -2.15. The van der Waals surface area contributed by atoms with E-state index in [2.05, 4.69) is 35.2 Å². The van der Waals surface area contributed by atoms with Crippen molar-refractivity contribution in [3.05, 3.63) is 48.0 Å². The van der Waals surface area contributed by atoms with Crippen LogP contribution in [0.5, 0.6) is 5.75 Å². The van der Waals surface area contributed by atoms with E-state index in [0.29, 0.717) is 18.3 Å². The van der Waals surface area contributed by atoms with Crippen LogP contribution in [0.3, 0.4) is 0 Å². The van der Waals surface area contributed by atoms with Crippen molar-refractivity contribution < 1.29 is 9.53 Å². The summed E-state index contributed by atoms with van der Waals surface area (Å²) in [4.78, 5) is 20.2. The number of thioether (sulfide) groups is 1. The number of ether oxygens (including phenoxy) is 1. The molecule has 2 N–H and O–H groups in total. The summed E-state index contributed by atoms with van der Waals surface area (Å²) in [6.07, 6.45) is 1.03. The van der Waals surface area contributed by atoms with E-state index in [1.54, 1.807) is 0 Å². The number of benzene rings is 2. The second-order valence-electron chi connectivity index (χ2n) is 6.39. The standard InChI is InChI=1S/C21H25N3O2S/c1-4-14(3)16-8-6-7-9-17(16)22-20(25)13-27-21-23-18-11-10-15(26-5-2)12-19(18)24-21/h6-12,14H,4-5,13H2,1-3H3,(H,22,25)(H,23,24). The van der Waals surface area contributed by atoms with Crippen molar-refractivity contribution in [1.29, 1.82) is 0 Å². The average molecular weight is 384 g/mol. The minimum Gasteiger partial charge on any atom is -0.494 e. The predicted octanol–water partition coefficient (Wildman–Crippen LogP) is 5.21. The van der Waals surface area contributed by atoms with E-state index in [0.717, 1.165) is 34.0 Å². The molecule has 0 bridgehead atoms. The molecular formula is C21H25N3O2S. The highest BCUT2D eigenvalue weighted by atomic mass is 32.2. The molecule has 3 aromatic rings. The Kier molecular flexibility index (Phi) is 6.40. The molecule has 0 saturated carbocycles. The first-order valence-electron chi connectivity index (χ1n) is 9.24. The molecule has 142 valence electrons. The van der Waals surface area contributed by atoms with Gasteiger partial charge < -0.3 is 15.0 Å². The van der Waals surface area contributed by atoms with Crippen molar-refractivity contribution in [3.8, 4) is 5.75 Å². The highest BCUT2D eigenvalue weighted by Crippen LogP contribution is 2.27. The minimum absolute atomic E-state index is 0.0359. The van der Waals surface area contributed by atoms with E-state index in [-0.39, 0.29) is 5.91 Å². The summed E-state index contributed by atoms with van der Waals surface area (Å²) in [5.41, 5.74) is 3.84. The minimum atomic E-state index is -0.0359. The van der Waals surface area contributed by atoms with Gasteiger partial charge in [0.1, 0.15) is 5.75 Å². The molecule has 0 fully saturated rings. The summed E-state index contributed by atoms with van der Waals surface area (Å²) in [5, 5.41) is 3.76. The molecule has 1 amide bonds. The monoisotopic (exact) mass is 383 g/mol. The lowest BCUT2D eigenvalue weighted by Gasteiger charge is -2.15. The summed E-state index contributed by atoms with van der Waals surface area (Å²) >= 11 is 1.39. The number of rotatable bonds is 8. The third kappa shape index (κ3) is 4.83. The third-order valence-electron chi connectivity index (χ3n) is 4.46. The molecule has 1 unspecified atom stereocenters. The number of hydrogen-bond donors (Lipinski definition) is 2. The van der Waals surface area contributed by atoms with Crippen LogP contribution in [0.4, 0.5) is 5.69 Å². The number of aromatic nitrogens is 2. The quantitative estimate of drug-likeness (QED) is 0.524. The van der Waals surface area contributed by atoms with Crippen molar-refractivity contribution in [1.82, 2.24) is 9.97 Å². The number of hydrogen-bond acceptors (Lipinski definition) is 4. The molecule has 0 aliphatic heterocycles. The van der Waals surface area contributed by atoms with Gasteiger partial charge in [0, 0.05) is 11.8 Å². The number of nitrogens with one attached hydrogen (secondary N) is 2. The van der Waals surface area contributed by atoms with E-state index in [4.69, 9.17) is 4.74 Å². The highest BCUT2D eigenvalue weighted by molar-refractivity contribution is 7.99. The van der Waals surface area contributed by atoms with Crippen LogP contribution in [0.1, 0.15) is 38.7 Å². The number of amides is 1. The van der Waals surface area contributed by atoms with E-state index in [1.165, 1.54) is 17.3 Å². The highest BCUT2D eigenvalue weighted by Gasteiger charge is 2.12. The fourth-order valence-electron chi connectivity index (χ4n) is 2.87. The number of H-pyrrole nitrogens is 1. The molecule has 1 aromatic heterocycles. The van der Waals surface area contributed by atoms with Gasteiger partial charge in [0.25, 0.3) is 0 Å². The number of nitrogens with zero attached hydrogens (tertiary/aromatic N) is 1. The lowest BCUT2D eigenvalue weighted by molar-refractivity contribution is -0.113. The molecule has 3 rings (SSSR count). The molecule has 0 aliphatic rings. The number of carbonyl (C=O) groups is 1. The first kappa shape index (κ1) is 19.3. The molecule has 1 heterocycles. The summed E-state index contributed by atoms with van der Waals surface area (Å²) in [5.74, 6) is 1.48. The van der Waals surface area contributed by atoms with Gasteiger partial charge in [-0.15, -0.1) is 0 Å². The van der Waals surface area contributed by atoms with Crippen molar-refractivity contribution in [2.24, 2.45) is 0 Å². The van der Waals surface area contributed by atoms with E-state index in [9.17, 15) is 4.79 Å². The van der Waals surface area contributed by atoms with Gasteiger partial charge in [0.2, 0.25) is 5.91 Å². The number of anilines is 1. The molecule has 6 heteroatoms. The summed E-state index contributed by atoms with van der Waals surface area (Å²) in [7, 11) is 0. The number of para-hydroxylation sites is 1. The maximum absolute atomic E-state index is 12.4. The number of carbonyl (C=O) groups excluding carboxylic acids is 1. The van der Waals surface area contributed by atoms with E-state index in [1.807, 2.05) is 43.3 Å². The fourth-order valence-corrected chi connectivity index (χ4v) is 3.56. The van der Waals surface area contributed by atoms with Gasteiger partial charge in [-0.25, -0.2) is 4.98 Å². The second kappa shape index (κ2) is 8.95. The average Bonchev–Trinajstić information content (AvgIpc) is 3.09. The summed E-state index contributed by atoms with van der Waals surface area (Å²) in [6, 6.07) is 13.7. The zero-order valence-corrected chi connectivity index (χ0v) is 16.7. The number of aromatic amines is 1. The molecule has 27 heavy (non-hydrogen) atoms. The molecule has 1 atom stereocenters. The Bertz CT molecular complexity index is 923. The van der Waals surface area contributed by atoms with Crippen LogP contribution >= 0.6 is 11.8 Å². The van der Waals surface area contributed by atoms with Gasteiger partial charge in [-0.1, -0.05) is 43.8 Å². The summed E-state index contributed by atoms with van der Waals surface area (Å²) in [6.45, 7) is 6.90. The van der Waals surface area contributed by atoms with Crippen molar-refractivity contribution in [2.75, 3.05) is 17.7 Å². The Morgan fingerprint density at radius 1 is 1.26 bits per heavy atom. The molecule has 5 nitrogen and oxygen atoms in total. The maximum Gasteiger partial charge on any atom is 0.234 e. The van der Waals surface area contributed by atoms with Crippen LogP contribution in [0.15, 0.2) is 47.6 Å². The smallest absolute Gasteiger partial charge is 0.234 e.